The molecule has 1 fully saturated rings. The summed E-state index contributed by atoms with van der Waals surface area (Å²) in [4.78, 5) is 2.49. The van der Waals surface area contributed by atoms with Crippen molar-refractivity contribution in [2.45, 2.75) is 31.5 Å². The molecule has 2 N–H and O–H groups in total. The predicted octanol–water partition coefficient (Wildman–Crippen LogP) is 1.68. The van der Waals surface area contributed by atoms with Gasteiger partial charge in [0.05, 0.1) is 19.3 Å². The fourth-order valence-corrected chi connectivity index (χ4v) is 2.99. The molecule has 3 rings (SSSR count). The second-order valence-electron chi connectivity index (χ2n) is 5.13. The summed E-state index contributed by atoms with van der Waals surface area (Å²) in [6.07, 6.45) is 2.37. The van der Waals surface area contributed by atoms with Gasteiger partial charge in [0.15, 0.2) is 0 Å². The van der Waals surface area contributed by atoms with Crippen molar-refractivity contribution in [2.75, 3.05) is 19.7 Å². The van der Waals surface area contributed by atoms with E-state index >= 15 is 0 Å². The lowest BCUT2D eigenvalue weighted by Crippen LogP contribution is -2.46. The van der Waals surface area contributed by atoms with E-state index in [1.807, 2.05) is 0 Å². The molecule has 3 nitrogen and oxygen atoms in total. The van der Waals surface area contributed by atoms with Crippen LogP contribution >= 0.6 is 0 Å². The number of hydrogen-bond acceptors (Lipinski definition) is 3. The molecular formula is C14H20N2O. The van der Waals surface area contributed by atoms with Crippen LogP contribution in [-0.2, 0) is 11.3 Å². The summed E-state index contributed by atoms with van der Waals surface area (Å²) in [5, 5.41) is 0. The van der Waals surface area contributed by atoms with E-state index in [9.17, 15) is 0 Å². The Kier molecular flexibility index (Phi) is 3.14. The molecule has 2 heterocycles. The Labute approximate surface area is 103 Å². The van der Waals surface area contributed by atoms with Crippen LogP contribution in [0.3, 0.4) is 0 Å². The summed E-state index contributed by atoms with van der Waals surface area (Å²) in [5.74, 6) is 0. The van der Waals surface area contributed by atoms with Gasteiger partial charge in [-0.1, -0.05) is 24.3 Å². The zero-order chi connectivity index (χ0) is 11.7. The largest absolute Gasteiger partial charge is 0.375 e. The van der Waals surface area contributed by atoms with E-state index < -0.39 is 0 Å². The van der Waals surface area contributed by atoms with Crippen LogP contribution in [0.1, 0.15) is 30.0 Å². The number of fused-ring (bicyclic) bond motifs is 1. The van der Waals surface area contributed by atoms with Crippen LogP contribution in [0.25, 0.3) is 0 Å². The van der Waals surface area contributed by atoms with Crippen molar-refractivity contribution in [3.05, 3.63) is 35.4 Å². The number of rotatable bonds is 1. The summed E-state index contributed by atoms with van der Waals surface area (Å²) < 4.78 is 5.71. The lowest BCUT2D eigenvalue weighted by molar-refractivity contribution is 0.0218. The van der Waals surface area contributed by atoms with Crippen LogP contribution in [0.15, 0.2) is 24.3 Å². The average Bonchev–Trinajstić information content (AvgIpc) is 2.38. The first kappa shape index (κ1) is 11.2. The van der Waals surface area contributed by atoms with Crippen molar-refractivity contribution in [3.63, 3.8) is 0 Å². The zero-order valence-electron chi connectivity index (χ0n) is 10.1. The summed E-state index contributed by atoms with van der Waals surface area (Å²) in [6.45, 7) is 3.72. The molecule has 0 aliphatic carbocycles. The van der Waals surface area contributed by atoms with Gasteiger partial charge in [-0.3, -0.25) is 4.90 Å². The fraction of sp³-hybridized carbons (Fsp3) is 0.571. The van der Waals surface area contributed by atoms with Crippen LogP contribution in [0.2, 0.25) is 0 Å². The van der Waals surface area contributed by atoms with E-state index in [0.29, 0.717) is 12.1 Å². The molecule has 0 bridgehead atoms. The van der Waals surface area contributed by atoms with Gasteiger partial charge in [-0.2, -0.15) is 0 Å². The highest BCUT2D eigenvalue weighted by atomic mass is 16.5. The molecule has 2 aliphatic heterocycles. The second-order valence-corrected chi connectivity index (χ2v) is 5.13. The molecule has 92 valence electrons. The first-order chi connectivity index (χ1) is 8.34. The van der Waals surface area contributed by atoms with E-state index in [0.717, 1.165) is 32.7 Å². The third kappa shape index (κ3) is 2.23. The number of ether oxygens (including phenoxy) is 1. The van der Waals surface area contributed by atoms with Gasteiger partial charge in [-0.15, -0.1) is 0 Å². The van der Waals surface area contributed by atoms with E-state index in [-0.39, 0.29) is 0 Å². The molecular weight excluding hydrogens is 212 g/mol. The van der Waals surface area contributed by atoms with Gasteiger partial charge in [0, 0.05) is 12.6 Å². The Morgan fingerprint density at radius 1 is 1.29 bits per heavy atom. The average molecular weight is 232 g/mol. The third-order valence-electron chi connectivity index (χ3n) is 3.88. The summed E-state index contributed by atoms with van der Waals surface area (Å²) in [7, 11) is 0. The Morgan fingerprint density at radius 2 is 2.18 bits per heavy atom. The van der Waals surface area contributed by atoms with Gasteiger partial charge < -0.3 is 10.5 Å². The maximum absolute atomic E-state index is 6.07. The maximum Gasteiger partial charge on any atom is 0.0721 e. The molecule has 0 amide bonds. The van der Waals surface area contributed by atoms with Crippen LogP contribution in [0, 0.1) is 0 Å². The van der Waals surface area contributed by atoms with Crippen molar-refractivity contribution in [2.24, 2.45) is 5.73 Å². The molecule has 1 aromatic rings. The molecule has 2 unspecified atom stereocenters. The van der Waals surface area contributed by atoms with Gasteiger partial charge in [0.25, 0.3) is 0 Å². The molecule has 2 atom stereocenters. The van der Waals surface area contributed by atoms with E-state index in [4.69, 9.17) is 10.5 Å². The molecule has 0 aromatic heterocycles. The Hall–Kier alpha value is -0.900. The standard InChI is InChI=1S/C14H20N2O/c15-12-5-3-7-16(8-12)14-10-17-9-11-4-1-2-6-13(11)14/h1-2,4,6,12,14H,3,5,7-10,15H2. The lowest BCUT2D eigenvalue weighted by Gasteiger charge is -2.39. The predicted molar refractivity (Wildman–Crippen MR) is 67.6 cm³/mol. The minimum Gasteiger partial charge on any atom is -0.375 e. The summed E-state index contributed by atoms with van der Waals surface area (Å²) in [5.41, 5.74) is 8.84. The molecule has 0 spiro atoms. The zero-order valence-corrected chi connectivity index (χ0v) is 10.1. The van der Waals surface area contributed by atoms with Crippen molar-refractivity contribution in [1.82, 2.24) is 4.90 Å². The number of piperidine rings is 1. The normalized spacial score (nSPS) is 29.9. The smallest absolute Gasteiger partial charge is 0.0721 e. The SMILES string of the molecule is NC1CCCN(C2COCc3ccccc32)C1. The molecule has 1 aromatic carbocycles. The van der Waals surface area contributed by atoms with Gasteiger partial charge in [0.1, 0.15) is 0 Å². The lowest BCUT2D eigenvalue weighted by atomic mass is 9.95. The quantitative estimate of drug-likeness (QED) is 0.800. The van der Waals surface area contributed by atoms with Gasteiger partial charge in [-0.05, 0) is 30.5 Å². The second kappa shape index (κ2) is 4.77. The first-order valence-corrected chi connectivity index (χ1v) is 6.50. The first-order valence-electron chi connectivity index (χ1n) is 6.50. The fourth-order valence-electron chi connectivity index (χ4n) is 2.99. The Bertz CT molecular complexity index is 394. The monoisotopic (exact) mass is 232 g/mol. The van der Waals surface area contributed by atoms with Gasteiger partial charge in [0.2, 0.25) is 0 Å². The summed E-state index contributed by atoms with van der Waals surface area (Å²) >= 11 is 0. The van der Waals surface area contributed by atoms with Crippen molar-refractivity contribution in [1.29, 1.82) is 0 Å². The topological polar surface area (TPSA) is 38.5 Å². The highest BCUT2D eigenvalue weighted by Crippen LogP contribution is 2.31. The van der Waals surface area contributed by atoms with E-state index in [1.165, 1.54) is 17.5 Å². The van der Waals surface area contributed by atoms with Crippen LogP contribution < -0.4 is 5.73 Å². The van der Waals surface area contributed by atoms with Crippen LogP contribution in [0.4, 0.5) is 0 Å². The Balaban J connectivity index is 1.84. The van der Waals surface area contributed by atoms with Gasteiger partial charge in [-0.25, -0.2) is 0 Å². The van der Waals surface area contributed by atoms with Crippen molar-refractivity contribution >= 4 is 0 Å². The summed E-state index contributed by atoms with van der Waals surface area (Å²) in [6, 6.07) is 9.37. The number of hydrogen-bond donors (Lipinski definition) is 1. The number of nitrogens with two attached hydrogens (primary N) is 1. The number of nitrogens with zero attached hydrogens (tertiary/aromatic N) is 1. The Morgan fingerprint density at radius 3 is 3.06 bits per heavy atom. The highest BCUT2D eigenvalue weighted by Gasteiger charge is 2.29. The van der Waals surface area contributed by atoms with Crippen LogP contribution in [-0.4, -0.2) is 30.6 Å². The van der Waals surface area contributed by atoms with Crippen molar-refractivity contribution < 1.29 is 4.74 Å². The minimum atomic E-state index is 0.331. The van der Waals surface area contributed by atoms with Gasteiger partial charge >= 0.3 is 0 Å². The highest BCUT2D eigenvalue weighted by molar-refractivity contribution is 5.31. The minimum absolute atomic E-state index is 0.331. The van der Waals surface area contributed by atoms with E-state index in [1.54, 1.807) is 0 Å². The molecule has 1 saturated heterocycles. The number of likely N-dealkylation sites (tertiary alicyclic amines) is 1. The van der Waals surface area contributed by atoms with E-state index in [2.05, 4.69) is 29.2 Å². The van der Waals surface area contributed by atoms with Crippen molar-refractivity contribution in [3.8, 4) is 0 Å². The molecule has 17 heavy (non-hydrogen) atoms. The molecule has 3 heteroatoms. The molecule has 0 saturated carbocycles. The third-order valence-corrected chi connectivity index (χ3v) is 3.88. The molecule has 0 radical (unpaired) electrons. The maximum atomic E-state index is 6.07. The number of benzene rings is 1. The van der Waals surface area contributed by atoms with Crippen LogP contribution in [0.5, 0.6) is 0 Å². The molecule has 2 aliphatic rings.